The number of nitrogens with zero attached hydrogens (tertiary/aromatic N) is 1. The number of thioether (sulfide) groups is 1. The van der Waals surface area contributed by atoms with Crippen molar-refractivity contribution in [2.75, 3.05) is 5.75 Å². The average Bonchev–Trinajstić information content (AvgIpc) is 2.52. The molecule has 0 bridgehead atoms. The fraction of sp³-hybridized carbons (Fsp3) is 0.176. The van der Waals surface area contributed by atoms with Crippen molar-refractivity contribution in [1.29, 1.82) is 0 Å². The van der Waals surface area contributed by atoms with Crippen molar-refractivity contribution in [2.45, 2.75) is 18.4 Å². The third-order valence-electron chi connectivity index (χ3n) is 2.75. The van der Waals surface area contributed by atoms with Gasteiger partial charge in [0.25, 0.3) is 0 Å². The molecule has 0 atom stereocenters. The summed E-state index contributed by atoms with van der Waals surface area (Å²) < 4.78 is 0. The Kier molecular flexibility index (Phi) is 5.56. The topological polar surface area (TPSA) is 30.0 Å². The molecule has 0 saturated carbocycles. The molecule has 2 aromatic rings. The summed E-state index contributed by atoms with van der Waals surface area (Å²) in [6, 6.07) is 14.1. The number of hydrogen-bond donors (Lipinski definition) is 0. The number of allylic oxidation sites excluding steroid dienone is 2. The maximum atomic E-state index is 11.5. The van der Waals surface area contributed by atoms with Gasteiger partial charge in [0.05, 0.1) is 10.8 Å². The molecule has 2 nitrogen and oxygen atoms in total. The molecule has 102 valence electrons. The molecule has 1 aromatic carbocycles. The van der Waals surface area contributed by atoms with Gasteiger partial charge in [0, 0.05) is 11.8 Å². The van der Waals surface area contributed by atoms with Gasteiger partial charge < -0.3 is 0 Å². The summed E-state index contributed by atoms with van der Waals surface area (Å²) in [5.41, 5.74) is 2.24. The SMILES string of the molecule is CC/C=C/C(=O)CSc1ccc(-c2ccccc2)cn1. The van der Waals surface area contributed by atoms with Gasteiger partial charge in [0.2, 0.25) is 0 Å². The van der Waals surface area contributed by atoms with Crippen LogP contribution in [0.2, 0.25) is 0 Å². The first-order valence-electron chi connectivity index (χ1n) is 6.63. The number of carbonyl (C=O) groups is 1. The highest BCUT2D eigenvalue weighted by Gasteiger charge is 2.02. The number of rotatable bonds is 6. The van der Waals surface area contributed by atoms with Gasteiger partial charge in [0.15, 0.2) is 5.78 Å². The van der Waals surface area contributed by atoms with Crippen LogP contribution in [0.15, 0.2) is 65.8 Å². The molecule has 0 unspecified atom stereocenters. The van der Waals surface area contributed by atoms with E-state index in [-0.39, 0.29) is 5.78 Å². The molecule has 0 radical (unpaired) electrons. The lowest BCUT2D eigenvalue weighted by molar-refractivity contribution is -0.112. The number of carbonyl (C=O) groups excluding carboxylic acids is 1. The van der Waals surface area contributed by atoms with Gasteiger partial charge in [-0.05, 0) is 24.1 Å². The van der Waals surface area contributed by atoms with Crippen LogP contribution in [-0.2, 0) is 4.79 Å². The van der Waals surface area contributed by atoms with E-state index in [1.165, 1.54) is 11.8 Å². The van der Waals surface area contributed by atoms with E-state index in [0.29, 0.717) is 5.75 Å². The molecule has 0 fully saturated rings. The van der Waals surface area contributed by atoms with Gasteiger partial charge >= 0.3 is 0 Å². The second-order valence-corrected chi connectivity index (χ2v) is 5.31. The smallest absolute Gasteiger partial charge is 0.165 e. The van der Waals surface area contributed by atoms with E-state index < -0.39 is 0 Å². The molecule has 0 saturated heterocycles. The van der Waals surface area contributed by atoms with Gasteiger partial charge in [-0.15, -0.1) is 0 Å². The molecule has 0 aliphatic carbocycles. The Morgan fingerprint density at radius 1 is 1.15 bits per heavy atom. The fourth-order valence-electron chi connectivity index (χ4n) is 1.71. The summed E-state index contributed by atoms with van der Waals surface area (Å²) in [5.74, 6) is 0.569. The van der Waals surface area contributed by atoms with Crippen LogP contribution < -0.4 is 0 Å². The summed E-state index contributed by atoms with van der Waals surface area (Å²) in [6.45, 7) is 2.01. The predicted octanol–water partition coefficient (Wildman–Crippen LogP) is 4.38. The Morgan fingerprint density at radius 2 is 1.95 bits per heavy atom. The minimum Gasteiger partial charge on any atom is -0.294 e. The first kappa shape index (κ1) is 14.5. The largest absolute Gasteiger partial charge is 0.294 e. The van der Waals surface area contributed by atoms with E-state index in [2.05, 4.69) is 17.1 Å². The Labute approximate surface area is 123 Å². The van der Waals surface area contributed by atoms with Gasteiger partial charge in [0.1, 0.15) is 0 Å². The summed E-state index contributed by atoms with van der Waals surface area (Å²) in [4.78, 5) is 15.9. The number of hydrogen-bond acceptors (Lipinski definition) is 3. The zero-order chi connectivity index (χ0) is 14.2. The summed E-state index contributed by atoms with van der Waals surface area (Å²) in [5, 5.41) is 0.878. The van der Waals surface area contributed by atoms with Crippen molar-refractivity contribution in [3.8, 4) is 11.1 Å². The lowest BCUT2D eigenvalue weighted by Gasteiger charge is -2.02. The highest BCUT2D eigenvalue weighted by atomic mass is 32.2. The van der Waals surface area contributed by atoms with Gasteiger partial charge in [-0.1, -0.05) is 61.2 Å². The van der Waals surface area contributed by atoms with Crippen LogP contribution in [0.5, 0.6) is 0 Å². The van der Waals surface area contributed by atoms with Crippen LogP contribution in [0, 0.1) is 0 Å². The third-order valence-corrected chi connectivity index (χ3v) is 3.71. The first-order valence-corrected chi connectivity index (χ1v) is 7.62. The highest BCUT2D eigenvalue weighted by Crippen LogP contribution is 2.21. The summed E-state index contributed by atoms with van der Waals surface area (Å²) in [7, 11) is 0. The molecule has 0 amide bonds. The lowest BCUT2D eigenvalue weighted by atomic mass is 10.1. The van der Waals surface area contributed by atoms with E-state index >= 15 is 0 Å². The fourth-order valence-corrected chi connectivity index (χ4v) is 2.39. The first-order chi connectivity index (χ1) is 9.79. The minimum absolute atomic E-state index is 0.130. The molecule has 0 aliphatic heterocycles. The van der Waals surface area contributed by atoms with Crippen molar-refractivity contribution < 1.29 is 4.79 Å². The molecule has 0 N–H and O–H groups in total. The Balaban J connectivity index is 1.95. The molecule has 0 aliphatic rings. The van der Waals surface area contributed by atoms with Crippen LogP contribution in [-0.4, -0.2) is 16.5 Å². The molecule has 0 spiro atoms. The van der Waals surface area contributed by atoms with Gasteiger partial charge in [-0.2, -0.15) is 0 Å². The zero-order valence-electron chi connectivity index (χ0n) is 11.5. The van der Waals surface area contributed by atoms with Gasteiger partial charge in [-0.3, -0.25) is 4.79 Å². The molecular weight excluding hydrogens is 266 g/mol. The van der Waals surface area contributed by atoms with Gasteiger partial charge in [-0.25, -0.2) is 4.98 Å². The second kappa shape index (κ2) is 7.65. The van der Waals surface area contributed by atoms with E-state index in [1.807, 2.05) is 49.5 Å². The number of ketones is 1. The van der Waals surface area contributed by atoms with Crippen LogP contribution in [0.4, 0.5) is 0 Å². The standard InChI is InChI=1S/C17H17NOS/c1-2-3-9-16(19)13-20-17-11-10-15(12-18-17)14-7-5-4-6-8-14/h3-12H,2,13H2,1H3/b9-3+. The Hall–Kier alpha value is -1.87. The van der Waals surface area contributed by atoms with E-state index in [4.69, 9.17) is 0 Å². The summed E-state index contributed by atoms with van der Waals surface area (Å²) >= 11 is 1.47. The van der Waals surface area contributed by atoms with E-state index in [9.17, 15) is 4.79 Å². The molecule has 20 heavy (non-hydrogen) atoms. The maximum absolute atomic E-state index is 11.5. The Morgan fingerprint density at radius 3 is 2.60 bits per heavy atom. The van der Waals surface area contributed by atoms with Crippen LogP contribution in [0.1, 0.15) is 13.3 Å². The summed E-state index contributed by atoms with van der Waals surface area (Å²) in [6.07, 6.45) is 6.27. The van der Waals surface area contributed by atoms with E-state index in [1.54, 1.807) is 6.08 Å². The van der Waals surface area contributed by atoms with Crippen molar-refractivity contribution >= 4 is 17.5 Å². The Bertz CT molecular complexity index is 576. The molecular formula is C17H17NOS. The molecule has 1 heterocycles. The lowest BCUT2D eigenvalue weighted by Crippen LogP contribution is -1.96. The second-order valence-electron chi connectivity index (χ2n) is 4.32. The zero-order valence-corrected chi connectivity index (χ0v) is 12.3. The maximum Gasteiger partial charge on any atom is 0.165 e. The van der Waals surface area contributed by atoms with Crippen LogP contribution >= 0.6 is 11.8 Å². The highest BCUT2D eigenvalue weighted by molar-refractivity contribution is 7.99. The van der Waals surface area contributed by atoms with Crippen molar-refractivity contribution in [3.05, 3.63) is 60.8 Å². The van der Waals surface area contributed by atoms with Crippen LogP contribution in [0.3, 0.4) is 0 Å². The minimum atomic E-state index is 0.130. The van der Waals surface area contributed by atoms with Crippen molar-refractivity contribution in [2.24, 2.45) is 0 Å². The monoisotopic (exact) mass is 283 g/mol. The quantitative estimate of drug-likeness (QED) is 0.582. The number of pyridine rings is 1. The van der Waals surface area contributed by atoms with Crippen molar-refractivity contribution in [3.63, 3.8) is 0 Å². The number of aromatic nitrogens is 1. The molecule has 2 rings (SSSR count). The normalized spacial score (nSPS) is 10.8. The predicted molar refractivity (Wildman–Crippen MR) is 84.8 cm³/mol. The number of benzene rings is 1. The third kappa shape index (κ3) is 4.35. The molecule has 1 aromatic heterocycles. The average molecular weight is 283 g/mol. The van der Waals surface area contributed by atoms with E-state index in [0.717, 1.165) is 22.6 Å². The van der Waals surface area contributed by atoms with Crippen molar-refractivity contribution in [1.82, 2.24) is 4.98 Å². The molecule has 3 heteroatoms. The van der Waals surface area contributed by atoms with Crippen LogP contribution in [0.25, 0.3) is 11.1 Å².